The summed E-state index contributed by atoms with van der Waals surface area (Å²) in [5.74, 6) is 0.410. The monoisotopic (exact) mass is 382 g/mol. The second kappa shape index (κ2) is 8.60. The van der Waals surface area contributed by atoms with Gasteiger partial charge in [0.15, 0.2) is 5.17 Å². The third-order valence-electron chi connectivity index (χ3n) is 3.83. The molecule has 2 aromatic carbocycles. The molecule has 3 rings (SSSR count). The number of amidine groups is 1. The number of carbonyl (C=O) groups excluding carboxylic acids is 1. The molecule has 0 atom stereocenters. The SMILES string of the molecule is CSc1ccc(/C=C2/SC(=Nc3ccccc3)N(CC(C)C)C2=O)cc1. The Bertz CT molecular complexity index is 827. The number of para-hydroxylation sites is 1. The molecule has 5 heteroatoms. The second-order valence-electron chi connectivity index (χ2n) is 6.42. The van der Waals surface area contributed by atoms with E-state index in [4.69, 9.17) is 4.99 Å². The molecule has 1 heterocycles. The largest absolute Gasteiger partial charge is 0.286 e. The molecule has 1 amide bonds. The number of hydrogen-bond donors (Lipinski definition) is 0. The van der Waals surface area contributed by atoms with E-state index in [1.807, 2.05) is 48.5 Å². The van der Waals surface area contributed by atoms with Crippen molar-refractivity contribution in [3.63, 3.8) is 0 Å². The Kier molecular flexibility index (Phi) is 6.22. The van der Waals surface area contributed by atoms with Gasteiger partial charge in [-0.05, 0) is 59.8 Å². The van der Waals surface area contributed by atoms with Crippen molar-refractivity contribution < 1.29 is 4.79 Å². The molecule has 0 aromatic heterocycles. The lowest BCUT2D eigenvalue weighted by Gasteiger charge is -2.17. The van der Waals surface area contributed by atoms with Gasteiger partial charge in [0.05, 0.1) is 10.6 Å². The van der Waals surface area contributed by atoms with Crippen molar-refractivity contribution >= 4 is 46.4 Å². The molecule has 0 unspecified atom stereocenters. The maximum absolute atomic E-state index is 12.9. The van der Waals surface area contributed by atoms with Crippen LogP contribution in [0.4, 0.5) is 5.69 Å². The van der Waals surface area contributed by atoms with Crippen LogP contribution < -0.4 is 0 Å². The molecule has 1 saturated heterocycles. The van der Waals surface area contributed by atoms with Crippen molar-refractivity contribution in [2.75, 3.05) is 12.8 Å². The normalized spacial score (nSPS) is 17.7. The predicted molar refractivity (Wildman–Crippen MR) is 114 cm³/mol. The fourth-order valence-corrected chi connectivity index (χ4v) is 4.00. The van der Waals surface area contributed by atoms with Crippen molar-refractivity contribution in [3.05, 3.63) is 65.1 Å². The van der Waals surface area contributed by atoms with Gasteiger partial charge in [-0.25, -0.2) is 4.99 Å². The van der Waals surface area contributed by atoms with Gasteiger partial charge in [0.2, 0.25) is 0 Å². The lowest BCUT2D eigenvalue weighted by atomic mass is 10.2. The van der Waals surface area contributed by atoms with Gasteiger partial charge in [0.1, 0.15) is 0 Å². The summed E-state index contributed by atoms with van der Waals surface area (Å²) in [5, 5.41) is 0.752. The van der Waals surface area contributed by atoms with E-state index in [2.05, 4.69) is 32.2 Å². The number of nitrogens with zero attached hydrogens (tertiary/aromatic N) is 2. The summed E-state index contributed by atoms with van der Waals surface area (Å²) in [5.41, 5.74) is 1.89. The Morgan fingerprint density at radius 1 is 1.12 bits per heavy atom. The Hall–Kier alpha value is -1.98. The molecular formula is C21H22N2OS2. The van der Waals surface area contributed by atoms with Crippen molar-refractivity contribution in [2.45, 2.75) is 18.7 Å². The molecule has 1 aliphatic heterocycles. The summed E-state index contributed by atoms with van der Waals surface area (Å²) in [7, 11) is 0. The van der Waals surface area contributed by atoms with Gasteiger partial charge in [-0.15, -0.1) is 11.8 Å². The second-order valence-corrected chi connectivity index (χ2v) is 8.31. The first-order valence-corrected chi connectivity index (χ1v) is 10.6. The van der Waals surface area contributed by atoms with E-state index in [1.165, 1.54) is 16.7 Å². The zero-order valence-electron chi connectivity index (χ0n) is 15.2. The fourth-order valence-electron chi connectivity index (χ4n) is 2.58. The predicted octanol–water partition coefficient (Wildman–Crippen LogP) is 5.67. The summed E-state index contributed by atoms with van der Waals surface area (Å²) in [4.78, 5) is 21.4. The van der Waals surface area contributed by atoms with E-state index in [-0.39, 0.29) is 5.91 Å². The Balaban J connectivity index is 1.91. The highest BCUT2D eigenvalue weighted by Gasteiger charge is 2.33. The lowest BCUT2D eigenvalue weighted by molar-refractivity contribution is -0.122. The van der Waals surface area contributed by atoms with E-state index < -0.39 is 0 Å². The van der Waals surface area contributed by atoms with Crippen molar-refractivity contribution in [1.29, 1.82) is 0 Å². The Morgan fingerprint density at radius 3 is 2.42 bits per heavy atom. The first-order valence-electron chi connectivity index (χ1n) is 8.56. The van der Waals surface area contributed by atoms with Crippen LogP contribution in [0.25, 0.3) is 6.08 Å². The Morgan fingerprint density at radius 2 is 1.81 bits per heavy atom. The zero-order chi connectivity index (χ0) is 18.5. The van der Waals surface area contributed by atoms with Gasteiger partial charge in [-0.3, -0.25) is 9.69 Å². The molecule has 3 nitrogen and oxygen atoms in total. The minimum Gasteiger partial charge on any atom is -0.286 e. The molecule has 1 fully saturated rings. The average Bonchev–Trinajstić information content (AvgIpc) is 2.91. The van der Waals surface area contributed by atoms with Gasteiger partial charge < -0.3 is 0 Å². The van der Waals surface area contributed by atoms with Crippen molar-refractivity contribution in [3.8, 4) is 0 Å². The van der Waals surface area contributed by atoms with Gasteiger partial charge in [0.25, 0.3) is 5.91 Å². The number of amides is 1. The first kappa shape index (κ1) is 18.8. The van der Waals surface area contributed by atoms with Crippen LogP contribution in [-0.2, 0) is 4.79 Å². The van der Waals surface area contributed by atoms with Crippen LogP contribution in [0.5, 0.6) is 0 Å². The highest BCUT2D eigenvalue weighted by molar-refractivity contribution is 8.18. The van der Waals surface area contributed by atoms with Gasteiger partial charge in [0, 0.05) is 11.4 Å². The van der Waals surface area contributed by atoms with Crippen LogP contribution in [0.2, 0.25) is 0 Å². The van der Waals surface area contributed by atoms with Gasteiger partial charge in [-0.1, -0.05) is 44.2 Å². The maximum atomic E-state index is 12.9. The minimum atomic E-state index is 0.0346. The molecule has 0 radical (unpaired) electrons. The summed E-state index contributed by atoms with van der Waals surface area (Å²) in [6.07, 6.45) is 4.01. The van der Waals surface area contributed by atoms with E-state index in [9.17, 15) is 4.79 Å². The lowest BCUT2D eigenvalue weighted by Crippen LogP contribution is -2.32. The first-order chi connectivity index (χ1) is 12.6. The summed E-state index contributed by atoms with van der Waals surface area (Å²) in [6.45, 7) is 4.89. The molecule has 0 bridgehead atoms. The maximum Gasteiger partial charge on any atom is 0.266 e. The van der Waals surface area contributed by atoms with E-state index in [1.54, 1.807) is 16.7 Å². The smallest absolute Gasteiger partial charge is 0.266 e. The average molecular weight is 383 g/mol. The molecule has 1 aliphatic rings. The van der Waals surface area contributed by atoms with Crippen LogP contribution in [0.1, 0.15) is 19.4 Å². The highest BCUT2D eigenvalue weighted by Crippen LogP contribution is 2.34. The topological polar surface area (TPSA) is 32.7 Å². The zero-order valence-corrected chi connectivity index (χ0v) is 16.8. The molecule has 0 saturated carbocycles. The third-order valence-corrected chi connectivity index (χ3v) is 5.58. The number of hydrogen-bond acceptors (Lipinski definition) is 4. The summed E-state index contributed by atoms with van der Waals surface area (Å²) < 4.78 is 0. The van der Waals surface area contributed by atoms with Crippen molar-refractivity contribution in [1.82, 2.24) is 4.90 Å². The van der Waals surface area contributed by atoms with Crippen LogP contribution >= 0.6 is 23.5 Å². The molecular weight excluding hydrogens is 360 g/mol. The van der Waals surface area contributed by atoms with Crippen LogP contribution in [-0.4, -0.2) is 28.8 Å². The molecule has 0 N–H and O–H groups in total. The number of aliphatic imine (C=N–C) groups is 1. The number of benzene rings is 2. The van der Waals surface area contributed by atoms with E-state index in [0.29, 0.717) is 12.5 Å². The quantitative estimate of drug-likeness (QED) is 0.493. The number of carbonyl (C=O) groups is 1. The molecule has 26 heavy (non-hydrogen) atoms. The van der Waals surface area contributed by atoms with Crippen LogP contribution in [0, 0.1) is 5.92 Å². The van der Waals surface area contributed by atoms with E-state index in [0.717, 1.165) is 21.3 Å². The fraction of sp³-hybridized carbons (Fsp3) is 0.238. The number of thioether (sulfide) groups is 2. The minimum absolute atomic E-state index is 0.0346. The number of rotatable bonds is 5. The highest BCUT2D eigenvalue weighted by atomic mass is 32.2. The van der Waals surface area contributed by atoms with Gasteiger partial charge in [-0.2, -0.15) is 0 Å². The van der Waals surface area contributed by atoms with Gasteiger partial charge >= 0.3 is 0 Å². The van der Waals surface area contributed by atoms with Crippen LogP contribution in [0.15, 0.2) is 69.4 Å². The molecule has 134 valence electrons. The van der Waals surface area contributed by atoms with Crippen LogP contribution in [0.3, 0.4) is 0 Å². The van der Waals surface area contributed by atoms with E-state index >= 15 is 0 Å². The molecule has 0 aliphatic carbocycles. The third kappa shape index (κ3) is 4.59. The Labute approximate surface area is 163 Å². The molecule has 0 spiro atoms. The van der Waals surface area contributed by atoms with Crippen molar-refractivity contribution in [2.24, 2.45) is 10.9 Å². The molecule has 2 aromatic rings. The standard InChI is InChI=1S/C21H22N2OS2/c1-15(2)14-23-20(24)19(13-16-9-11-18(25-3)12-10-16)26-21(23)22-17-7-5-4-6-8-17/h4-13,15H,14H2,1-3H3/b19-13+,22-21?. The summed E-state index contributed by atoms with van der Waals surface area (Å²) in [6, 6.07) is 18.0. The summed E-state index contributed by atoms with van der Waals surface area (Å²) >= 11 is 3.16.